The van der Waals surface area contributed by atoms with Crippen LogP contribution < -0.4 is 4.90 Å². The fraction of sp³-hybridized carbons (Fsp3) is 0.520. The average molecular weight is 514 g/mol. The molecule has 5 rings (SSSR count). The molecule has 3 aromatic rings. The first-order valence-corrected chi connectivity index (χ1v) is 12.8. The van der Waals surface area contributed by atoms with Gasteiger partial charge in [0.25, 0.3) is 0 Å². The summed E-state index contributed by atoms with van der Waals surface area (Å²) in [6, 6.07) is 7.26. The van der Waals surface area contributed by atoms with Gasteiger partial charge in [0.1, 0.15) is 17.4 Å². The first-order valence-electron chi connectivity index (χ1n) is 12.1. The molecule has 184 valence electrons. The molecule has 2 saturated heterocycles. The van der Waals surface area contributed by atoms with E-state index in [-0.39, 0.29) is 17.8 Å². The topological polar surface area (TPSA) is 94.1 Å². The molecule has 2 aromatic heterocycles. The number of likely N-dealkylation sites (tertiary alicyclic amines) is 1. The Balaban J connectivity index is 1.36. The summed E-state index contributed by atoms with van der Waals surface area (Å²) in [6.45, 7) is 8.56. The van der Waals surface area contributed by atoms with Crippen LogP contribution in [0.4, 0.5) is 5.82 Å². The number of anilines is 1. The minimum atomic E-state index is -0.290. The third-order valence-corrected chi connectivity index (χ3v) is 7.80. The molecule has 1 N–H and O–H groups in total. The highest BCUT2D eigenvalue weighted by Gasteiger charge is 2.37. The van der Waals surface area contributed by atoms with E-state index >= 15 is 0 Å². The number of piperidine rings is 1. The summed E-state index contributed by atoms with van der Waals surface area (Å²) in [5.41, 5.74) is 2.16. The molecule has 8 nitrogen and oxygen atoms in total. The van der Waals surface area contributed by atoms with Crippen LogP contribution in [0.2, 0.25) is 10.0 Å². The molecule has 3 atom stereocenters. The molecule has 0 spiro atoms. The molecule has 4 heterocycles. The van der Waals surface area contributed by atoms with E-state index in [4.69, 9.17) is 28.2 Å². The van der Waals surface area contributed by atoms with E-state index in [1.807, 2.05) is 19.9 Å². The molecule has 2 aliphatic heterocycles. The Bertz CT molecular complexity index is 1260. The summed E-state index contributed by atoms with van der Waals surface area (Å²) in [5.74, 6) is 2.04. The second kappa shape index (κ2) is 9.90. The molecule has 0 unspecified atom stereocenters. The molecule has 2 fully saturated rings. The van der Waals surface area contributed by atoms with Gasteiger partial charge in [0.2, 0.25) is 0 Å². The zero-order chi connectivity index (χ0) is 24.7. The van der Waals surface area contributed by atoms with Gasteiger partial charge in [-0.3, -0.25) is 0 Å². The van der Waals surface area contributed by atoms with Crippen LogP contribution in [0.25, 0.3) is 11.2 Å². The number of nitrogens with zero attached hydrogens (tertiary/aromatic N) is 7. The van der Waals surface area contributed by atoms with Crippen molar-refractivity contribution in [1.29, 1.82) is 5.26 Å². The van der Waals surface area contributed by atoms with Crippen LogP contribution in [0.15, 0.2) is 24.4 Å². The Labute approximate surface area is 215 Å². The van der Waals surface area contributed by atoms with Gasteiger partial charge >= 0.3 is 0 Å². The fourth-order valence-corrected chi connectivity index (χ4v) is 5.95. The maximum Gasteiger partial charge on any atom is 0.190 e. The molecule has 2 aliphatic rings. The number of fused-ring (bicyclic) bond motifs is 1. The highest BCUT2D eigenvalue weighted by atomic mass is 35.5. The quantitative estimate of drug-likeness (QED) is 0.528. The Kier molecular flexibility index (Phi) is 6.86. The molecule has 1 aromatic carbocycles. The zero-order valence-electron chi connectivity index (χ0n) is 19.9. The SMILES string of the molecule is C[C@H](O)CN1CCC[C@H](C2CN(c3cnc4c(C#N)nn([C@H](C)c5ccc(Cl)cc5Cl)c4n3)C2)C1. The molecular formula is C25H29Cl2N7O. The molecule has 0 bridgehead atoms. The van der Waals surface area contributed by atoms with Crippen LogP contribution in [0.3, 0.4) is 0 Å². The van der Waals surface area contributed by atoms with Gasteiger partial charge in [-0.2, -0.15) is 10.4 Å². The van der Waals surface area contributed by atoms with Crippen molar-refractivity contribution in [3.05, 3.63) is 45.7 Å². The van der Waals surface area contributed by atoms with E-state index in [0.29, 0.717) is 33.0 Å². The highest BCUT2D eigenvalue weighted by molar-refractivity contribution is 6.35. The fourth-order valence-electron chi connectivity index (χ4n) is 5.38. The van der Waals surface area contributed by atoms with Crippen LogP contribution in [0.1, 0.15) is 44.0 Å². The molecule has 10 heteroatoms. The van der Waals surface area contributed by atoms with Crippen molar-refractivity contribution in [1.82, 2.24) is 24.6 Å². The van der Waals surface area contributed by atoms with Gasteiger partial charge in [-0.25, -0.2) is 14.6 Å². The smallest absolute Gasteiger partial charge is 0.190 e. The summed E-state index contributed by atoms with van der Waals surface area (Å²) in [4.78, 5) is 14.1. The van der Waals surface area contributed by atoms with E-state index in [1.165, 1.54) is 12.8 Å². The van der Waals surface area contributed by atoms with Crippen LogP contribution in [0, 0.1) is 23.2 Å². The normalized spacial score (nSPS) is 21.0. The Morgan fingerprint density at radius 1 is 1.20 bits per heavy atom. The number of rotatable bonds is 6. The lowest BCUT2D eigenvalue weighted by atomic mass is 9.80. The largest absolute Gasteiger partial charge is 0.392 e. The summed E-state index contributed by atoms with van der Waals surface area (Å²) in [7, 11) is 0. The van der Waals surface area contributed by atoms with Crippen molar-refractivity contribution in [2.45, 2.75) is 38.8 Å². The molecule has 0 radical (unpaired) electrons. The number of aliphatic hydroxyl groups is 1. The van der Waals surface area contributed by atoms with Crippen LogP contribution >= 0.6 is 23.2 Å². The number of hydrogen-bond donors (Lipinski definition) is 1. The number of aromatic nitrogens is 4. The zero-order valence-corrected chi connectivity index (χ0v) is 21.4. The standard InChI is InChI=1S/C25H29Cl2N7O/c1-15(35)11-32-7-3-4-17(12-32)18-13-33(14-18)23-10-29-24-22(9-28)31-34(25(24)30-23)16(2)20-6-5-19(26)8-21(20)27/h5-6,8,10,15-18,35H,3-4,7,11-14H2,1-2H3/t15-,16+,17-/m0/s1. The third-order valence-electron chi connectivity index (χ3n) is 7.24. The Hall–Kier alpha value is -2.44. The second-order valence-electron chi connectivity index (χ2n) is 9.82. The van der Waals surface area contributed by atoms with Gasteiger partial charge in [0.05, 0.1) is 18.3 Å². The third kappa shape index (κ3) is 4.83. The number of nitriles is 1. The van der Waals surface area contributed by atoms with Crippen LogP contribution in [-0.2, 0) is 0 Å². The van der Waals surface area contributed by atoms with Crippen molar-refractivity contribution in [2.24, 2.45) is 11.8 Å². The molecule has 35 heavy (non-hydrogen) atoms. The molecule has 0 aliphatic carbocycles. The Morgan fingerprint density at radius 3 is 2.71 bits per heavy atom. The van der Waals surface area contributed by atoms with Crippen molar-refractivity contribution in [3.8, 4) is 6.07 Å². The van der Waals surface area contributed by atoms with Gasteiger partial charge < -0.3 is 14.9 Å². The number of halogens is 2. The number of benzene rings is 1. The van der Waals surface area contributed by atoms with Gasteiger partial charge in [-0.15, -0.1) is 0 Å². The van der Waals surface area contributed by atoms with Crippen LogP contribution in [-0.4, -0.2) is 68.6 Å². The maximum atomic E-state index is 9.75. The van der Waals surface area contributed by atoms with E-state index in [2.05, 4.69) is 26.0 Å². The van der Waals surface area contributed by atoms with E-state index in [9.17, 15) is 10.4 Å². The van der Waals surface area contributed by atoms with Crippen molar-refractivity contribution < 1.29 is 5.11 Å². The first-order chi connectivity index (χ1) is 16.8. The number of aliphatic hydroxyl groups excluding tert-OH is 1. The van der Waals surface area contributed by atoms with Gasteiger partial charge in [0, 0.05) is 36.2 Å². The average Bonchev–Trinajstić information content (AvgIpc) is 3.16. The van der Waals surface area contributed by atoms with E-state index in [1.54, 1.807) is 23.0 Å². The van der Waals surface area contributed by atoms with Crippen molar-refractivity contribution in [2.75, 3.05) is 37.6 Å². The van der Waals surface area contributed by atoms with Crippen molar-refractivity contribution >= 4 is 40.2 Å². The molecule has 0 saturated carbocycles. The van der Waals surface area contributed by atoms with Crippen LogP contribution in [0.5, 0.6) is 0 Å². The summed E-state index contributed by atoms with van der Waals surface area (Å²) >= 11 is 12.5. The monoisotopic (exact) mass is 513 g/mol. The van der Waals surface area contributed by atoms with E-state index < -0.39 is 0 Å². The summed E-state index contributed by atoms with van der Waals surface area (Å²) in [5, 5.41) is 25.0. The lowest BCUT2D eigenvalue weighted by Crippen LogP contribution is -2.54. The predicted octanol–water partition coefficient (Wildman–Crippen LogP) is 4.14. The first kappa shape index (κ1) is 24.3. The van der Waals surface area contributed by atoms with Gasteiger partial charge in [-0.1, -0.05) is 29.3 Å². The van der Waals surface area contributed by atoms with E-state index in [0.717, 1.165) is 44.1 Å². The van der Waals surface area contributed by atoms with Crippen molar-refractivity contribution in [3.63, 3.8) is 0 Å². The second-order valence-corrected chi connectivity index (χ2v) is 10.7. The lowest BCUT2D eigenvalue weighted by molar-refractivity contribution is 0.0725. The van der Waals surface area contributed by atoms with Gasteiger partial charge in [0.15, 0.2) is 11.3 Å². The molecular weight excluding hydrogens is 485 g/mol. The Morgan fingerprint density at radius 2 is 2.00 bits per heavy atom. The summed E-state index contributed by atoms with van der Waals surface area (Å²) in [6.07, 6.45) is 3.87. The maximum absolute atomic E-state index is 9.75. The molecule has 0 amide bonds. The van der Waals surface area contributed by atoms with Gasteiger partial charge in [-0.05, 0) is 62.8 Å². The highest BCUT2D eigenvalue weighted by Crippen LogP contribution is 2.35. The predicted molar refractivity (Wildman–Crippen MR) is 137 cm³/mol. The lowest BCUT2D eigenvalue weighted by Gasteiger charge is -2.47. The minimum absolute atomic E-state index is 0.248. The summed E-state index contributed by atoms with van der Waals surface area (Å²) < 4.78 is 1.73. The number of hydrogen-bond acceptors (Lipinski definition) is 7. The minimum Gasteiger partial charge on any atom is -0.392 e. The number of β-amino-alcohol motifs (C(OH)–C–C–N with tert-alkyl or cyclic N) is 1.